The molecule has 0 bridgehead atoms. The molecule has 0 unspecified atom stereocenters. The van der Waals surface area contributed by atoms with Crippen LogP contribution in [-0.2, 0) is 0 Å². The summed E-state index contributed by atoms with van der Waals surface area (Å²) in [5.74, 6) is 1.67. The SMILES string of the molecule is Cc1cc(C)c(C(=O)NCCC2CCC(C)CC2)cc1N. The highest BCUT2D eigenvalue weighted by Crippen LogP contribution is 2.30. The maximum absolute atomic E-state index is 12.3. The number of amides is 1. The lowest BCUT2D eigenvalue weighted by Crippen LogP contribution is -2.27. The van der Waals surface area contributed by atoms with Gasteiger partial charge in [-0.3, -0.25) is 4.79 Å². The van der Waals surface area contributed by atoms with Crippen molar-refractivity contribution >= 4 is 11.6 Å². The van der Waals surface area contributed by atoms with E-state index in [9.17, 15) is 4.79 Å². The fourth-order valence-corrected chi connectivity index (χ4v) is 3.22. The van der Waals surface area contributed by atoms with E-state index < -0.39 is 0 Å². The van der Waals surface area contributed by atoms with E-state index in [4.69, 9.17) is 5.73 Å². The number of hydrogen-bond acceptors (Lipinski definition) is 2. The monoisotopic (exact) mass is 288 g/mol. The van der Waals surface area contributed by atoms with Crippen molar-refractivity contribution in [3.05, 3.63) is 28.8 Å². The van der Waals surface area contributed by atoms with E-state index in [1.165, 1.54) is 25.7 Å². The fourth-order valence-electron chi connectivity index (χ4n) is 3.22. The van der Waals surface area contributed by atoms with Crippen LogP contribution in [-0.4, -0.2) is 12.5 Å². The van der Waals surface area contributed by atoms with Crippen molar-refractivity contribution in [2.45, 2.75) is 52.9 Å². The van der Waals surface area contributed by atoms with Crippen LogP contribution < -0.4 is 11.1 Å². The normalized spacial score (nSPS) is 22.0. The molecule has 2 rings (SSSR count). The quantitative estimate of drug-likeness (QED) is 0.827. The van der Waals surface area contributed by atoms with Crippen molar-refractivity contribution in [2.75, 3.05) is 12.3 Å². The Hall–Kier alpha value is -1.51. The number of benzene rings is 1. The molecule has 0 aliphatic heterocycles. The number of rotatable bonds is 4. The molecule has 1 saturated carbocycles. The second kappa shape index (κ2) is 6.97. The van der Waals surface area contributed by atoms with Crippen LogP contribution in [0.25, 0.3) is 0 Å². The Morgan fingerprint density at radius 3 is 2.52 bits per heavy atom. The highest BCUT2D eigenvalue weighted by atomic mass is 16.1. The van der Waals surface area contributed by atoms with Crippen LogP contribution in [0.3, 0.4) is 0 Å². The Bertz CT molecular complexity index is 502. The Morgan fingerprint density at radius 1 is 1.19 bits per heavy atom. The molecule has 1 aliphatic carbocycles. The van der Waals surface area contributed by atoms with Crippen LogP contribution in [0.15, 0.2) is 12.1 Å². The molecule has 0 aromatic heterocycles. The highest BCUT2D eigenvalue weighted by Gasteiger charge is 2.18. The van der Waals surface area contributed by atoms with E-state index in [0.717, 1.165) is 35.9 Å². The molecular formula is C18H28N2O. The van der Waals surface area contributed by atoms with Gasteiger partial charge in [0.05, 0.1) is 0 Å². The van der Waals surface area contributed by atoms with E-state index in [-0.39, 0.29) is 5.91 Å². The molecule has 1 aromatic rings. The summed E-state index contributed by atoms with van der Waals surface area (Å²) in [5, 5.41) is 3.05. The van der Waals surface area contributed by atoms with Crippen LogP contribution in [0.2, 0.25) is 0 Å². The first kappa shape index (κ1) is 15.9. The van der Waals surface area contributed by atoms with Gasteiger partial charge in [-0.2, -0.15) is 0 Å². The van der Waals surface area contributed by atoms with Gasteiger partial charge in [-0.15, -0.1) is 0 Å². The number of nitrogens with two attached hydrogens (primary N) is 1. The lowest BCUT2D eigenvalue weighted by molar-refractivity contribution is 0.0949. The maximum Gasteiger partial charge on any atom is 0.251 e. The van der Waals surface area contributed by atoms with E-state index in [0.29, 0.717) is 11.3 Å². The Morgan fingerprint density at radius 2 is 1.86 bits per heavy atom. The minimum Gasteiger partial charge on any atom is -0.398 e. The Labute approximate surface area is 128 Å². The smallest absolute Gasteiger partial charge is 0.251 e. The molecule has 3 N–H and O–H groups in total. The zero-order valence-corrected chi connectivity index (χ0v) is 13.5. The van der Waals surface area contributed by atoms with Gasteiger partial charge in [0, 0.05) is 17.8 Å². The molecule has 21 heavy (non-hydrogen) atoms. The first-order valence-electron chi connectivity index (χ1n) is 8.12. The summed E-state index contributed by atoms with van der Waals surface area (Å²) in [7, 11) is 0. The van der Waals surface area contributed by atoms with E-state index in [2.05, 4.69) is 12.2 Å². The van der Waals surface area contributed by atoms with Crippen molar-refractivity contribution in [1.29, 1.82) is 0 Å². The highest BCUT2D eigenvalue weighted by molar-refractivity contribution is 5.96. The predicted molar refractivity (Wildman–Crippen MR) is 88.4 cm³/mol. The largest absolute Gasteiger partial charge is 0.398 e. The van der Waals surface area contributed by atoms with Crippen LogP contribution in [0.4, 0.5) is 5.69 Å². The molecule has 0 atom stereocenters. The number of aryl methyl sites for hydroxylation is 2. The number of nitrogens with one attached hydrogen (secondary N) is 1. The van der Waals surface area contributed by atoms with Gasteiger partial charge in [-0.1, -0.05) is 38.7 Å². The topological polar surface area (TPSA) is 55.1 Å². The zero-order chi connectivity index (χ0) is 15.4. The first-order chi connectivity index (χ1) is 9.97. The molecule has 1 aliphatic rings. The summed E-state index contributed by atoms with van der Waals surface area (Å²) in [5.41, 5.74) is 9.32. The van der Waals surface area contributed by atoms with Crippen LogP contribution >= 0.6 is 0 Å². The zero-order valence-electron chi connectivity index (χ0n) is 13.5. The van der Waals surface area contributed by atoms with E-state index >= 15 is 0 Å². The van der Waals surface area contributed by atoms with Crippen molar-refractivity contribution in [3.8, 4) is 0 Å². The van der Waals surface area contributed by atoms with Crippen molar-refractivity contribution < 1.29 is 4.79 Å². The number of anilines is 1. The lowest BCUT2D eigenvalue weighted by Gasteiger charge is -2.26. The molecule has 116 valence electrons. The van der Waals surface area contributed by atoms with Gasteiger partial charge < -0.3 is 11.1 Å². The van der Waals surface area contributed by atoms with Crippen molar-refractivity contribution in [3.63, 3.8) is 0 Å². The second-order valence-corrected chi connectivity index (χ2v) is 6.69. The lowest BCUT2D eigenvalue weighted by atomic mass is 9.81. The van der Waals surface area contributed by atoms with Crippen molar-refractivity contribution in [1.82, 2.24) is 5.32 Å². The Balaban J connectivity index is 1.83. The summed E-state index contributed by atoms with van der Waals surface area (Å²) in [6.45, 7) is 7.03. The average Bonchev–Trinajstić information content (AvgIpc) is 2.45. The minimum atomic E-state index is 0.00313. The fraction of sp³-hybridized carbons (Fsp3) is 0.611. The third-order valence-corrected chi connectivity index (χ3v) is 4.83. The summed E-state index contributed by atoms with van der Waals surface area (Å²) in [6, 6.07) is 3.77. The Kier molecular flexibility index (Phi) is 5.27. The molecule has 1 amide bonds. The van der Waals surface area contributed by atoms with Crippen molar-refractivity contribution in [2.24, 2.45) is 11.8 Å². The number of hydrogen-bond donors (Lipinski definition) is 2. The van der Waals surface area contributed by atoms with E-state index in [1.54, 1.807) is 6.07 Å². The van der Waals surface area contributed by atoms with Gasteiger partial charge in [-0.25, -0.2) is 0 Å². The van der Waals surface area contributed by atoms with Gasteiger partial charge in [-0.05, 0) is 49.3 Å². The second-order valence-electron chi connectivity index (χ2n) is 6.69. The average molecular weight is 288 g/mol. The summed E-state index contributed by atoms with van der Waals surface area (Å²) in [6.07, 6.45) is 6.40. The number of carbonyl (C=O) groups excluding carboxylic acids is 1. The molecule has 3 nitrogen and oxygen atoms in total. The molecule has 0 saturated heterocycles. The van der Waals surface area contributed by atoms with Crippen LogP contribution in [0.5, 0.6) is 0 Å². The van der Waals surface area contributed by atoms with Gasteiger partial charge in [0.1, 0.15) is 0 Å². The molecule has 1 aromatic carbocycles. The molecule has 0 spiro atoms. The predicted octanol–water partition coefficient (Wildman–Crippen LogP) is 3.83. The first-order valence-corrected chi connectivity index (χ1v) is 8.12. The summed E-state index contributed by atoms with van der Waals surface area (Å²) < 4.78 is 0. The number of carbonyl (C=O) groups is 1. The van der Waals surface area contributed by atoms with Gasteiger partial charge >= 0.3 is 0 Å². The summed E-state index contributed by atoms with van der Waals surface area (Å²) >= 11 is 0. The summed E-state index contributed by atoms with van der Waals surface area (Å²) in [4.78, 5) is 12.3. The third-order valence-electron chi connectivity index (χ3n) is 4.83. The molecular weight excluding hydrogens is 260 g/mol. The molecule has 3 heteroatoms. The third kappa shape index (κ3) is 4.23. The molecule has 1 fully saturated rings. The molecule has 0 radical (unpaired) electrons. The van der Waals surface area contributed by atoms with Crippen LogP contribution in [0.1, 0.15) is 60.5 Å². The minimum absolute atomic E-state index is 0.00313. The maximum atomic E-state index is 12.3. The van der Waals surface area contributed by atoms with E-state index in [1.807, 2.05) is 19.9 Å². The van der Waals surface area contributed by atoms with Gasteiger partial charge in [0.2, 0.25) is 0 Å². The molecule has 0 heterocycles. The van der Waals surface area contributed by atoms with Gasteiger partial charge in [0.15, 0.2) is 0 Å². The van der Waals surface area contributed by atoms with Crippen LogP contribution in [0, 0.1) is 25.7 Å². The standard InChI is InChI=1S/C18H28N2O/c1-12-4-6-15(7-5-12)8-9-20-18(21)16-11-17(19)14(3)10-13(16)2/h10-12,15H,4-9,19H2,1-3H3,(H,20,21). The van der Waals surface area contributed by atoms with Gasteiger partial charge in [0.25, 0.3) is 5.91 Å². The number of nitrogen functional groups attached to an aromatic ring is 1.